The van der Waals surface area contributed by atoms with Crippen molar-refractivity contribution in [1.82, 2.24) is 9.97 Å². The molecule has 0 unspecified atom stereocenters. The summed E-state index contributed by atoms with van der Waals surface area (Å²) >= 11 is 1.30. The molecule has 1 aromatic carbocycles. The summed E-state index contributed by atoms with van der Waals surface area (Å²) in [6.07, 6.45) is 0. The standard InChI is InChI=1S/C13H13N3OS/c1-9-7-12(14)16-13(15-9)18-8-11(17)10-5-3-2-4-6-10/h2-7H,8H2,1H3,(H2,14,15,16). The summed E-state index contributed by atoms with van der Waals surface area (Å²) in [4.78, 5) is 20.2. The lowest BCUT2D eigenvalue weighted by Crippen LogP contribution is -2.04. The Kier molecular flexibility index (Phi) is 3.94. The van der Waals surface area contributed by atoms with Crippen molar-refractivity contribution in [2.24, 2.45) is 0 Å². The second-order valence-corrected chi connectivity index (χ2v) is 4.74. The number of nitrogens with two attached hydrogens (primary N) is 1. The highest BCUT2D eigenvalue weighted by Gasteiger charge is 2.08. The Labute approximate surface area is 110 Å². The highest BCUT2D eigenvalue weighted by molar-refractivity contribution is 7.99. The van der Waals surface area contributed by atoms with Gasteiger partial charge in [0.1, 0.15) is 5.82 Å². The predicted octanol–water partition coefficient (Wildman–Crippen LogP) is 2.34. The number of carbonyl (C=O) groups is 1. The first-order chi connectivity index (χ1) is 8.65. The van der Waals surface area contributed by atoms with Crippen LogP contribution in [0.25, 0.3) is 0 Å². The third-order valence-electron chi connectivity index (χ3n) is 2.28. The van der Waals surface area contributed by atoms with Crippen molar-refractivity contribution in [2.75, 3.05) is 11.5 Å². The van der Waals surface area contributed by atoms with Crippen LogP contribution in [0.1, 0.15) is 16.1 Å². The van der Waals surface area contributed by atoms with Gasteiger partial charge in [-0.3, -0.25) is 4.79 Å². The number of ketones is 1. The van der Waals surface area contributed by atoms with Gasteiger partial charge in [0.2, 0.25) is 0 Å². The molecular weight excluding hydrogens is 246 g/mol. The summed E-state index contributed by atoms with van der Waals surface area (Å²) < 4.78 is 0. The molecule has 92 valence electrons. The molecule has 0 radical (unpaired) electrons. The van der Waals surface area contributed by atoms with Crippen LogP contribution in [0, 0.1) is 6.92 Å². The van der Waals surface area contributed by atoms with E-state index in [1.54, 1.807) is 18.2 Å². The second-order valence-electron chi connectivity index (χ2n) is 3.79. The zero-order chi connectivity index (χ0) is 13.0. The number of Topliss-reactive ketones (excluding diaryl/α,β-unsaturated/α-hetero) is 1. The van der Waals surface area contributed by atoms with Gasteiger partial charge < -0.3 is 5.73 Å². The fourth-order valence-corrected chi connectivity index (χ4v) is 2.27. The van der Waals surface area contributed by atoms with Gasteiger partial charge in [-0.05, 0) is 6.92 Å². The number of aromatic nitrogens is 2. The van der Waals surface area contributed by atoms with Crippen LogP contribution < -0.4 is 5.73 Å². The van der Waals surface area contributed by atoms with Gasteiger partial charge in [-0.1, -0.05) is 42.1 Å². The highest BCUT2D eigenvalue weighted by Crippen LogP contribution is 2.16. The van der Waals surface area contributed by atoms with Crippen LogP contribution in [0.5, 0.6) is 0 Å². The molecule has 2 aromatic rings. The molecule has 0 saturated carbocycles. The summed E-state index contributed by atoms with van der Waals surface area (Å²) in [7, 11) is 0. The quantitative estimate of drug-likeness (QED) is 0.518. The lowest BCUT2D eigenvalue weighted by molar-refractivity contribution is 0.102. The average molecular weight is 259 g/mol. The van der Waals surface area contributed by atoms with Gasteiger partial charge in [-0.15, -0.1) is 0 Å². The van der Waals surface area contributed by atoms with E-state index in [1.165, 1.54) is 11.8 Å². The molecule has 0 aliphatic rings. The van der Waals surface area contributed by atoms with Gasteiger partial charge in [0, 0.05) is 17.3 Å². The van der Waals surface area contributed by atoms with Crippen molar-refractivity contribution in [3.8, 4) is 0 Å². The minimum atomic E-state index is 0.0595. The van der Waals surface area contributed by atoms with Crippen molar-refractivity contribution < 1.29 is 4.79 Å². The molecule has 0 amide bonds. The molecule has 1 aromatic heterocycles. The molecule has 0 bridgehead atoms. The van der Waals surface area contributed by atoms with Crippen molar-refractivity contribution >= 4 is 23.4 Å². The Morgan fingerprint density at radius 3 is 2.67 bits per heavy atom. The Bertz CT molecular complexity index is 537. The number of nitrogen functional groups attached to an aromatic ring is 1. The summed E-state index contributed by atoms with van der Waals surface area (Å²) in [5.41, 5.74) is 7.13. The Hall–Kier alpha value is -1.88. The van der Waals surface area contributed by atoms with E-state index in [-0.39, 0.29) is 5.78 Å². The number of hydrogen-bond acceptors (Lipinski definition) is 5. The van der Waals surface area contributed by atoms with Gasteiger partial charge >= 0.3 is 0 Å². The van der Waals surface area contributed by atoms with Crippen LogP contribution in [0.4, 0.5) is 5.82 Å². The SMILES string of the molecule is Cc1cc(N)nc(SCC(=O)c2ccccc2)n1. The van der Waals surface area contributed by atoms with Crippen molar-refractivity contribution in [1.29, 1.82) is 0 Å². The van der Waals surface area contributed by atoms with Crippen molar-refractivity contribution in [3.05, 3.63) is 47.7 Å². The first kappa shape index (κ1) is 12.6. The zero-order valence-electron chi connectivity index (χ0n) is 9.96. The molecule has 2 N–H and O–H groups in total. The molecule has 0 atom stereocenters. The lowest BCUT2D eigenvalue weighted by Gasteiger charge is -2.02. The third kappa shape index (κ3) is 3.30. The molecule has 0 spiro atoms. The highest BCUT2D eigenvalue weighted by atomic mass is 32.2. The summed E-state index contributed by atoms with van der Waals surface area (Å²) in [5.74, 6) is 0.800. The number of hydrogen-bond donors (Lipinski definition) is 1. The summed E-state index contributed by atoms with van der Waals surface area (Å²) in [5, 5.41) is 0.539. The topological polar surface area (TPSA) is 68.9 Å². The van der Waals surface area contributed by atoms with Gasteiger partial charge in [0.15, 0.2) is 10.9 Å². The second kappa shape index (κ2) is 5.64. The largest absolute Gasteiger partial charge is 0.384 e. The van der Waals surface area contributed by atoms with Crippen LogP contribution >= 0.6 is 11.8 Å². The van der Waals surface area contributed by atoms with Crippen molar-refractivity contribution in [2.45, 2.75) is 12.1 Å². The average Bonchev–Trinajstić information content (AvgIpc) is 2.36. The Morgan fingerprint density at radius 1 is 1.28 bits per heavy atom. The van der Waals surface area contributed by atoms with Crippen LogP contribution in [-0.4, -0.2) is 21.5 Å². The van der Waals surface area contributed by atoms with Gasteiger partial charge in [0.25, 0.3) is 0 Å². The fourth-order valence-electron chi connectivity index (χ4n) is 1.47. The van der Waals surface area contributed by atoms with E-state index in [2.05, 4.69) is 9.97 Å². The lowest BCUT2D eigenvalue weighted by atomic mass is 10.2. The van der Waals surface area contributed by atoms with E-state index >= 15 is 0 Å². The number of aryl methyl sites for hydroxylation is 1. The minimum Gasteiger partial charge on any atom is -0.384 e. The third-order valence-corrected chi connectivity index (χ3v) is 3.13. The molecule has 0 fully saturated rings. The molecule has 2 rings (SSSR count). The van der Waals surface area contributed by atoms with Gasteiger partial charge in [-0.25, -0.2) is 9.97 Å². The van der Waals surface area contributed by atoms with Gasteiger partial charge in [-0.2, -0.15) is 0 Å². The first-order valence-electron chi connectivity index (χ1n) is 5.47. The smallest absolute Gasteiger partial charge is 0.190 e. The Morgan fingerprint density at radius 2 is 2.00 bits per heavy atom. The Balaban J connectivity index is 2.02. The number of nitrogens with zero attached hydrogens (tertiary/aromatic N) is 2. The molecule has 0 aliphatic heterocycles. The maximum absolute atomic E-state index is 11.9. The van der Waals surface area contributed by atoms with E-state index in [0.29, 0.717) is 22.3 Å². The maximum Gasteiger partial charge on any atom is 0.190 e. The summed E-state index contributed by atoms with van der Waals surface area (Å²) in [6, 6.07) is 10.9. The fraction of sp³-hybridized carbons (Fsp3) is 0.154. The molecule has 0 saturated heterocycles. The molecular formula is C13H13N3OS. The predicted molar refractivity (Wildman–Crippen MR) is 72.7 cm³/mol. The van der Waals surface area contributed by atoms with E-state index in [4.69, 9.17) is 5.73 Å². The normalized spacial score (nSPS) is 10.3. The molecule has 1 heterocycles. The van der Waals surface area contributed by atoms with Crippen LogP contribution in [0.3, 0.4) is 0 Å². The molecule has 18 heavy (non-hydrogen) atoms. The summed E-state index contributed by atoms with van der Waals surface area (Å²) in [6.45, 7) is 1.85. The first-order valence-corrected chi connectivity index (χ1v) is 6.46. The maximum atomic E-state index is 11.9. The number of thioether (sulfide) groups is 1. The number of benzene rings is 1. The van der Waals surface area contributed by atoms with Crippen LogP contribution in [0.15, 0.2) is 41.6 Å². The van der Waals surface area contributed by atoms with E-state index in [9.17, 15) is 4.79 Å². The number of rotatable bonds is 4. The monoisotopic (exact) mass is 259 g/mol. The van der Waals surface area contributed by atoms with Crippen LogP contribution in [-0.2, 0) is 0 Å². The van der Waals surface area contributed by atoms with E-state index < -0.39 is 0 Å². The molecule has 4 nitrogen and oxygen atoms in total. The molecule has 0 aliphatic carbocycles. The van der Waals surface area contributed by atoms with E-state index in [1.807, 2.05) is 25.1 Å². The number of anilines is 1. The van der Waals surface area contributed by atoms with E-state index in [0.717, 1.165) is 5.69 Å². The van der Waals surface area contributed by atoms with Crippen molar-refractivity contribution in [3.63, 3.8) is 0 Å². The van der Waals surface area contributed by atoms with Crippen LogP contribution in [0.2, 0.25) is 0 Å². The molecule has 5 heteroatoms. The minimum absolute atomic E-state index is 0.0595. The zero-order valence-corrected chi connectivity index (χ0v) is 10.8. The number of carbonyl (C=O) groups excluding carboxylic acids is 1. The van der Waals surface area contributed by atoms with Gasteiger partial charge in [0.05, 0.1) is 5.75 Å².